The molecule has 1 aliphatic heterocycles. The third-order valence-corrected chi connectivity index (χ3v) is 5.95. The van der Waals surface area contributed by atoms with Gasteiger partial charge in [0.2, 0.25) is 11.8 Å². The third-order valence-electron chi connectivity index (χ3n) is 4.87. The van der Waals surface area contributed by atoms with E-state index in [-0.39, 0.29) is 18.2 Å². The first kappa shape index (κ1) is 20.1. The highest BCUT2D eigenvalue weighted by Crippen LogP contribution is 2.27. The van der Waals surface area contributed by atoms with Gasteiger partial charge in [0, 0.05) is 12.1 Å². The van der Waals surface area contributed by atoms with Crippen LogP contribution in [0.4, 0.5) is 11.4 Å². The van der Waals surface area contributed by atoms with E-state index >= 15 is 0 Å². The fraction of sp³-hybridized carbons (Fsp3) is 0.318. The van der Waals surface area contributed by atoms with Crippen molar-refractivity contribution in [3.63, 3.8) is 0 Å². The summed E-state index contributed by atoms with van der Waals surface area (Å²) in [5.74, 6) is 0.152. The third kappa shape index (κ3) is 5.01. The van der Waals surface area contributed by atoms with Gasteiger partial charge in [0.05, 0.1) is 5.69 Å². The fourth-order valence-electron chi connectivity index (χ4n) is 2.91. The Morgan fingerprint density at radius 1 is 1.21 bits per heavy atom. The van der Waals surface area contributed by atoms with Crippen LogP contribution in [0.3, 0.4) is 0 Å². The van der Waals surface area contributed by atoms with Crippen molar-refractivity contribution in [2.24, 2.45) is 4.99 Å². The van der Waals surface area contributed by atoms with E-state index in [0.717, 1.165) is 23.4 Å². The number of hydrogen-bond donors (Lipinski definition) is 2. The number of carbonyl (C=O) groups is 2. The molecule has 6 heteroatoms. The summed E-state index contributed by atoms with van der Waals surface area (Å²) in [6, 6.07) is 15.6. The van der Waals surface area contributed by atoms with Crippen LogP contribution in [-0.2, 0) is 9.59 Å². The lowest BCUT2D eigenvalue weighted by molar-refractivity contribution is -0.122. The molecule has 0 saturated carbocycles. The van der Waals surface area contributed by atoms with Gasteiger partial charge in [-0.2, -0.15) is 0 Å². The molecule has 0 spiro atoms. The first-order chi connectivity index (χ1) is 13.5. The molecular weight excluding hydrogens is 370 g/mol. The van der Waals surface area contributed by atoms with Crippen LogP contribution in [0.15, 0.2) is 53.5 Å². The zero-order chi connectivity index (χ0) is 20.1. The maximum atomic E-state index is 12.3. The van der Waals surface area contributed by atoms with Gasteiger partial charge in [-0.05, 0) is 48.6 Å². The van der Waals surface area contributed by atoms with Crippen LogP contribution in [0.25, 0.3) is 0 Å². The van der Waals surface area contributed by atoms with E-state index in [2.05, 4.69) is 41.6 Å². The molecule has 28 heavy (non-hydrogen) atoms. The molecule has 146 valence electrons. The average Bonchev–Trinajstić information content (AvgIpc) is 3.02. The monoisotopic (exact) mass is 395 g/mol. The Hall–Kier alpha value is -2.60. The Kier molecular flexibility index (Phi) is 6.52. The van der Waals surface area contributed by atoms with Gasteiger partial charge in [0.1, 0.15) is 5.25 Å². The number of amides is 2. The summed E-state index contributed by atoms with van der Waals surface area (Å²) < 4.78 is 0. The quantitative estimate of drug-likeness (QED) is 0.741. The predicted molar refractivity (Wildman–Crippen MR) is 116 cm³/mol. The Morgan fingerprint density at radius 2 is 1.93 bits per heavy atom. The van der Waals surface area contributed by atoms with E-state index in [1.54, 1.807) is 0 Å². The number of thioether (sulfide) groups is 1. The first-order valence-corrected chi connectivity index (χ1v) is 10.4. The number of nitrogens with zero attached hydrogens (tertiary/aromatic N) is 1. The molecule has 3 rings (SSSR count). The molecule has 2 aromatic carbocycles. The molecule has 0 aromatic heterocycles. The SMILES string of the molecule is CC[C@@H](C)c1ccc(N=C2NC(=O)[C@H](CC(=O)Nc3ccccc3C)S2)cc1. The normalized spacial score (nSPS) is 18.8. The number of rotatable bonds is 6. The molecule has 0 bridgehead atoms. The second-order valence-electron chi connectivity index (χ2n) is 6.98. The highest BCUT2D eigenvalue weighted by Gasteiger charge is 2.32. The topological polar surface area (TPSA) is 70.6 Å². The molecule has 2 atom stereocenters. The number of nitrogens with one attached hydrogen (secondary N) is 2. The molecule has 2 amide bonds. The highest BCUT2D eigenvalue weighted by molar-refractivity contribution is 8.15. The maximum Gasteiger partial charge on any atom is 0.240 e. The summed E-state index contributed by atoms with van der Waals surface area (Å²) in [7, 11) is 0. The number of aryl methyl sites for hydroxylation is 1. The molecule has 1 aliphatic rings. The second-order valence-corrected chi connectivity index (χ2v) is 8.17. The van der Waals surface area contributed by atoms with E-state index in [1.165, 1.54) is 17.3 Å². The minimum Gasteiger partial charge on any atom is -0.326 e. The van der Waals surface area contributed by atoms with Crippen LogP contribution in [0.5, 0.6) is 0 Å². The number of benzene rings is 2. The van der Waals surface area contributed by atoms with E-state index in [9.17, 15) is 9.59 Å². The zero-order valence-corrected chi connectivity index (χ0v) is 17.2. The second kappa shape index (κ2) is 9.06. The van der Waals surface area contributed by atoms with Crippen molar-refractivity contribution in [1.29, 1.82) is 0 Å². The summed E-state index contributed by atoms with van der Waals surface area (Å²) >= 11 is 1.30. The fourth-order valence-corrected chi connectivity index (χ4v) is 3.89. The van der Waals surface area contributed by atoms with Gasteiger partial charge in [0.25, 0.3) is 0 Å². The van der Waals surface area contributed by atoms with Crippen LogP contribution in [0.1, 0.15) is 43.7 Å². The molecular formula is C22H25N3O2S. The lowest BCUT2D eigenvalue weighted by Gasteiger charge is -2.09. The van der Waals surface area contributed by atoms with Gasteiger partial charge in [-0.15, -0.1) is 0 Å². The van der Waals surface area contributed by atoms with Crippen molar-refractivity contribution in [1.82, 2.24) is 5.32 Å². The Morgan fingerprint density at radius 3 is 2.61 bits per heavy atom. The van der Waals surface area contributed by atoms with E-state index < -0.39 is 5.25 Å². The Labute approximate surface area is 170 Å². The van der Waals surface area contributed by atoms with Crippen molar-refractivity contribution in [3.05, 3.63) is 59.7 Å². The van der Waals surface area contributed by atoms with Crippen LogP contribution in [-0.4, -0.2) is 22.2 Å². The largest absolute Gasteiger partial charge is 0.326 e. The van der Waals surface area contributed by atoms with Gasteiger partial charge in [-0.25, -0.2) is 4.99 Å². The lowest BCUT2D eigenvalue weighted by Crippen LogP contribution is -2.28. The Bertz CT molecular complexity index is 893. The van der Waals surface area contributed by atoms with Gasteiger partial charge < -0.3 is 10.6 Å². The summed E-state index contributed by atoms with van der Waals surface area (Å²) in [5.41, 5.74) is 3.83. The van der Waals surface area contributed by atoms with Crippen LogP contribution < -0.4 is 10.6 Å². The lowest BCUT2D eigenvalue weighted by atomic mass is 9.99. The molecule has 1 saturated heterocycles. The molecule has 2 N–H and O–H groups in total. The molecule has 2 aromatic rings. The minimum absolute atomic E-state index is 0.108. The highest BCUT2D eigenvalue weighted by atomic mass is 32.2. The number of aliphatic imine (C=N–C) groups is 1. The van der Waals surface area contributed by atoms with Crippen LogP contribution in [0, 0.1) is 6.92 Å². The van der Waals surface area contributed by atoms with Crippen molar-refractivity contribution >= 4 is 40.1 Å². The molecule has 0 aliphatic carbocycles. The summed E-state index contributed by atoms with van der Waals surface area (Å²) in [4.78, 5) is 29.0. The van der Waals surface area contributed by atoms with E-state index in [0.29, 0.717) is 11.1 Å². The van der Waals surface area contributed by atoms with Crippen LogP contribution >= 0.6 is 11.8 Å². The van der Waals surface area contributed by atoms with Crippen molar-refractivity contribution in [3.8, 4) is 0 Å². The van der Waals surface area contributed by atoms with Crippen LogP contribution in [0.2, 0.25) is 0 Å². The van der Waals surface area contributed by atoms with Crippen molar-refractivity contribution in [2.75, 3.05) is 5.32 Å². The summed E-state index contributed by atoms with van der Waals surface area (Å²) in [5, 5.41) is 5.71. The number of para-hydroxylation sites is 1. The number of anilines is 1. The van der Waals surface area contributed by atoms with E-state index in [1.807, 2.05) is 43.3 Å². The average molecular weight is 396 g/mol. The van der Waals surface area contributed by atoms with E-state index in [4.69, 9.17) is 0 Å². The molecule has 0 radical (unpaired) electrons. The Balaban J connectivity index is 1.60. The summed E-state index contributed by atoms with van der Waals surface area (Å²) in [6.07, 6.45) is 1.20. The smallest absolute Gasteiger partial charge is 0.240 e. The minimum atomic E-state index is -0.470. The molecule has 1 fully saturated rings. The van der Waals surface area contributed by atoms with Gasteiger partial charge >= 0.3 is 0 Å². The molecule has 1 heterocycles. The zero-order valence-electron chi connectivity index (χ0n) is 16.4. The van der Waals surface area contributed by atoms with Crippen molar-refractivity contribution in [2.45, 2.75) is 44.8 Å². The molecule has 5 nitrogen and oxygen atoms in total. The number of hydrogen-bond acceptors (Lipinski definition) is 4. The van der Waals surface area contributed by atoms with Gasteiger partial charge in [-0.3, -0.25) is 9.59 Å². The van der Waals surface area contributed by atoms with Gasteiger partial charge in [0.15, 0.2) is 5.17 Å². The summed E-state index contributed by atoms with van der Waals surface area (Å²) in [6.45, 7) is 6.29. The number of amidine groups is 1. The predicted octanol–water partition coefficient (Wildman–Crippen LogP) is 4.76. The van der Waals surface area contributed by atoms with Crippen molar-refractivity contribution < 1.29 is 9.59 Å². The number of carbonyl (C=O) groups excluding carboxylic acids is 2. The molecule has 0 unspecified atom stereocenters. The van der Waals surface area contributed by atoms with Gasteiger partial charge in [-0.1, -0.05) is 55.9 Å². The first-order valence-electron chi connectivity index (χ1n) is 9.48. The standard InChI is InChI=1S/C22H25N3O2S/c1-4-14(2)16-9-11-17(12-10-16)23-22-25-21(27)19(28-22)13-20(26)24-18-8-6-5-7-15(18)3/h5-12,14,19H,4,13H2,1-3H3,(H,24,26)(H,23,25,27)/t14-,19+/m1/s1. The maximum absolute atomic E-state index is 12.3.